The van der Waals surface area contributed by atoms with Crippen molar-refractivity contribution in [1.29, 1.82) is 0 Å². The second-order valence-corrected chi connectivity index (χ2v) is 9.61. The number of hydrogen-bond acceptors (Lipinski definition) is 5. The molecule has 33 heavy (non-hydrogen) atoms. The van der Waals surface area contributed by atoms with E-state index in [9.17, 15) is 4.79 Å². The van der Waals surface area contributed by atoms with Crippen LogP contribution in [0.4, 0.5) is 10.5 Å². The van der Waals surface area contributed by atoms with Crippen molar-refractivity contribution in [3.63, 3.8) is 0 Å². The van der Waals surface area contributed by atoms with Crippen LogP contribution in [0.5, 0.6) is 0 Å². The first-order valence-corrected chi connectivity index (χ1v) is 12.1. The molecule has 2 atom stereocenters. The number of benzene rings is 1. The maximum Gasteiger partial charge on any atom is 0.414 e. The number of carbonyl (C=O) groups is 1. The van der Waals surface area contributed by atoms with Crippen LogP contribution in [0.1, 0.15) is 62.0 Å². The summed E-state index contributed by atoms with van der Waals surface area (Å²) >= 11 is 0. The van der Waals surface area contributed by atoms with Crippen molar-refractivity contribution in [2.45, 2.75) is 64.0 Å². The van der Waals surface area contributed by atoms with Gasteiger partial charge in [-0.2, -0.15) is 5.10 Å². The SMILES string of the molecule is COC(=O)N1c2ccc3c(nc([C@@H](C)Cc4cnn(C)c4)n3C3CCNCC3)c2CC[C@@H]1C. The van der Waals surface area contributed by atoms with Crippen LogP contribution in [-0.2, 0) is 24.6 Å². The molecule has 1 aromatic carbocycles. The molecule has 0 spiro atoms. The molecule has 1 fully saturated rings. The summed E-state index contributed by atoms with van der Waals surface area (Å²) in [7, 11) is 3.41. The first-order valence-electron chi connectivity index (χ1n) is 12.1. The first-order chi connectivity index (χ1) is 16.0. The number of nitrogens with one attached hydrogen (secondary N) is 1. The Morgan fingerprint density at radius 3 is 2.76 bits per heavy atom. The monoisotopic (exact) mass is 450 g/mol. The number of methoxy groups -OCH3 is 1. The van der Waals surface area contributed by atoms with Crippen molar-refractivity contribution >= 4 is 22.8 Å². The molecule has 176 valence electrons. The summed E-state index contributed by atoms with van der Waals surface area (Å²) in [6.45, 7) is 6.40. The number of hydrogen-bond donors (Lipinski definition) is 1. The summed E-state index contributed by atoms with van der Waals surface area (Å²) in [5.74, 6) is 1.39. The van der Waals surface area contributed by atoms with Gasteiger partial charge in [-0.3, -0.25) is 9.58 Å². The summed E-state index contributed by atoms with van der Waals surface area (Å²) < 4.78 is 9.46. The number of aromatic nitrogens is 4. The molecule has 0 radical (unpaired) electrons. The zero-order valence-corrected chi connectivity index (χ0v) is 20.0. The van der Waals surface area contributed by atoms with Gasteiger partial charge in [0, 0.05) is 36.8 Å². The zero-order valence-electron chi connectivity index (χ0n) is 20.0. The number of ether oxygens (including phenoxy) is 1. The van der Waals surface area contributed by atoms with E-state index in [1.165, 1.54) is 23.8 Å². The largest absolute Gasteiger partial charge is 0.452 e. The Bertz CT molecular complexity index is 1160. The standard InChI is InChI=1S/C25H34N6O2/c1-16(13-18-14-27-29(3)15-18)24-28-23-20-6-5-17(2)30(25(32)33-4)21(20)7-8-22(23)31(24)19-9-11-26-12-10-19/h7-8,14-17,19,26H,5-6,9-13H2,1-4H3/t16-,17-/m0/s1. The molecular weight excluding hydrogens is 416 g/mol. The van der Waals surface area contributed by atoms with Gasteiger partial charge in [0.2, 0.25) is 0 Å². The molecule has 2 aliphatic heterocycles. The lowest BCUT2D eigenvalue weighted by atomic mass is 9.95. The Morgan fingerprint density at radius 1 is 1.27 bits per heavy atom. The van der Waals surface area contributed by atoms with E-state index in [0.29, 0.717) is 6.04 Å². The number of anilines is 1. The third-order valence-electron chi connectivity index (χ3n) is 7.27. The summed E-state index contributed by atoms with van der Waals surface area (Å²) in [5.41, 5.74) is 5.56. The van der Waals surface area contributed by atoms with E-state index in [-0.39, 0.29) is 18.1 Å². The van der Waals surface area contributed by atoms with Crippen molar-refractivity contribution in [2.24, 2.45) is 7.05 Å². The highest BCUT2D eigenvalue weighted by Gasteiger charge is 2.33. The van der Waals surface area contributed by atoms with Gasteiger partial charge >= 0.3 is 6.09 Å². The zero-order chi connectivity index (χ0) is 23.1. The number of fused-ring (bicyclic) bond motifs is 3. The van der Waals surface area contributed by atoms with E-state index in [0.717, 1.165) is 62.2 Å². The molecule has 8 heteroatoms. The summed E-state index contributed by atoms with van der Waals surface area (Å²) in [6.07, 6.45) is 8.65. The highest BCUT2D eigenvalue weighted by molar-refractivity contribution is 5.95. The third kappa shape index (κ3) is 3.90. The predicted octanol–water partition coefficient (Wildman–Crippen LogP) is 3.95. The lowest BCUT2D eigenvalue weighted by molar-refractivity contribution is 0.175. The fourth-order valence-electron chi connectivity index (χ4n) is 5.61. The average molecular weight is 451 g/mol. The van der Waals surface area contributed by atoms with E-state index >= 15 is 0 Å². The molecule has 2 aromatic heterocycles. The highest BCUT2D eigenvalue weighted by Crippen LogP contribution is 2.39. The fourth-order valence-corrected chi connectivity index (χ4v) is 5.61. The predicted molar refractivity (Wildman–Crippen MR) is 129 cm³/mol. The molecule has 8 nitrogen and oxygen atoms in total. The molecule has 4 heterocycles. The van der Waals surface area contributed by atoms with Crippen LogP contribution in [0, 0.1) is 0 Å². The lowest BCUT2D eigenvalue weighted by Gasteiger charge is -2.34. The lowest BCUT2D eigenvalue weighted by Crippen LogP contribution is -2.42. The van der Waals surface area contributed by atoms with Gasteiger partial charge < -0.3 is 14.6 Å². The highest BCUT2D eigenvalue weighted by atomic mass is 16.5. The van der Waals surface area contributed by atoms with Gasteiger partial charge in [0.25, 0.3) is 0 Å². The van der Waals surface area contributed by atoms with Crippen LogP contribution in [0.3, 0.4) is 0 Å². The summed E-state index contributed by atoms with van der Waals surface area (Å²) in [6, 6.07) is 4.80. The molecule has 0 saturated carbocycles. The molecule has 1 N–H and O–H groups in total. The van der Waals surface area contributed by atoms with Gasteiger partial charge in [0.15, 0.2) is 0 Å². The van der Waals surface area contributed by atoms with E-state index in [1.807, 2.05) is 17.9 Å². The van der Waals surface area contributed by atoms with Crippen LogP contribution in [0.25, 0.3) is 11.0 Å². The number of amides is 1. The van der Waals surface area contributed by atoms with E-state index in [1.54, 1.807) is 4.90 Å². The molecule has 2 aliphatic rings. The van der Waals surface area contributed by atoms with E-state index in [4.69, 9.17) is 9.72 Å². The number of aryl methyl sites for hydroxylation is 2. The molecule has 0 unspecified atom stereocenters. The third-order valence-corrected chi connectivity index (χ3v) is 7.27. The van der Waals surface area contributed by atoms with E-state index < -0.39 is 0 Å². The normalized spacial score (nSPS) is 20.1. The van der Waals surface area contributed by atoms with Gasteiger partial charge in [-0.1, -0.05) is 6.92 Å². The van der Waals surface area contributed by atoms with E-state index in [2.05, 4.69) is 47.2 Å². The van der Waals surface area contributed by atoms with Crippen molar-refractivity contribution in [2.75, 3.05) is 25.1 Å². The average Bonchev–Trinajstić information content (AvgIpc) is 3.42. The van der Waals surface area contributed by atoms with Crippen molar-refractivity contribution in [3.8, 4) is 0 Å². The molecular formula is C25H34N6O2. The summed E-state index contributed by atoms with van der Waals surface area (Å²) in [4.78, 5) is 19.6. The fraction of sp³-hybridized carbons (Fsp3) is 0.560. The van der Waals surface area contributed by atoms with Crippen LogP contribution in [0.2, 0.25) is 0 Å². The van der Waals surface area contributed by atoms with Crippen LogP contribution >= 0.6 is 0 Å². The molecule has 1 saturated heterocycles. The van der Waals surface area contributed by atoms with Crippen molar-refractivity contribution in [3.05, 3.63) is 41.5 Å². The quantitative estimate of drug-likeness (QED) is 0.651. The van der Waals surface area contributed by atoms with Gasteiger partial charge in [-0.15, -0.1) is 0 Å². The summed E-state index contributed by atoms with van der Waals surface area (Å²) in [5, 5.41) is 7.84. The Kier molecular flexibility index (Phi) is 5.86. The smallest absolute Gasteiger partial charge is 0.414 e. The minimum Gasteiger partial charge on any atom is -0.452 e. The van der Waals surface area contributed by atoms with Crippen molar-refractivity contribution in [1.82, 2.24) is 24.6 Å². The number of piperidine rings is 1. The minimum atomic E-state index is -0.300. The van der Waals surface area contributed by atoms with Gasteiger partial charge in [0.05, 0.1) is 30.0 Å². The molecule has 1 amide bonds. The number of nitrogens with zero attached hydrogens (tertiary/aromatic N) is 5. The van der Waals surface area contributed by atoms with Gasteiger partial charge in [0.1, 0.15) is 5.82 Å². The minimum absolute atomic E-state index is 0.109. The Labute approximate surface area is 194 Å². The maximum atomic E-state index is 12.6. The Hall–Kier alpha value is -2.87. The maximum absolute atomic E-state index is 12.6. The van der Waals surface area contributed by atoms with Gasteiger partial charge in [-0.05, 0) is 69.8 Å². The van der Waals surface area contributed by atoms with Crippen LogP contribution in [-0.4, -0.2) is 51.7 Å². The second kappa shape index (κ2) is 8.82. The molecule has 5 rings (SSSR count). The Balaban J connectivity index is 1.63. The number of carbonyl (C=O) groups excluding carboxylic acids is 1. The Morgan fingerprint density at radius 2 is 2.06 bits per heavy atom. The topological polar surface area (TPSA) is 77.2 Å². The second-order valence-electron chi connectivity index (χ2n) is 9.61. The first kappa shape index (κ1) is 21.9. The van der Waals surface area contributed by atoms with Crippen LogP contribution < -0.4 is 10.2 Å². The number of imidazole rings is 1. The molecule has 0 aliphatic carbocycles. The number of rotatable bonds is 4. The van der Waals surface area contributed by atoms with Crippen LogP contribution in [0.15, 0.2) is 24.5 Å². The van der Waals surface area contributed by atoms with Gasteiger partial charge in [-0.25, -0.2) is 9.78 Å². The van der Waals surface area contributed by atoms with Crippen molar-refractivity contribution < 1.29 is 9.53 Å². The molecule has 3 aromatic rings. The molecule has 0 bridgehead atoms.